The monoisotopic (exact) mass is 282 g/mol. The lowest BCUT2D eigenvalue weighted by molar-refractivity contribution is -0.119. The van der Waals surface area contributed by atoms with E-state index >= 15 is 0 Å². The van der Waals surface area contributed by atoms with Crippen LogP contribution < -0.4 is 11.1 Å². The second-order valence-electron chi connectivity index (χ2n) is 4.92. The van der Waals surface area contributed by atoms with E-state index in [9.17, 15) is 4.79 Å². The lowest BCUT2D eigenvalue weighted by atomic mass is 10.0. The van der Waals surface area contributed by atoms with Crippen LogP contribution in [0.1, 0.15) is 25.5 Å². The molecule has 0 spiro atoms. The Kier molecular flexibility index (Phi) is 4.61. The van der Waals surface area contributed by atoms with Gasteiger partial charge in [-0.3, -0.25) is 9.69 Å². The normalized spacial score (nSPS) is 17.4. The number of halogens is 1. The summed E-state index contributed by atoms with van der Waals surface area (Å²) < 4.78 is 0. The van der Waals surface area contributed by atoms with Gasteiger partial charge < -0.3 is 11.1 Å². The van der Waals surface area contributed by atoms with Gasteiger partial charge in [0.2, 0.25) is 5.91 Å². The SMILES string of the molecule is CC(=O)NC1CCN(Cc2nc(N)ccc2Cl)CC1. The summed E-state index contributed by atoms with van der Waals surface area (Å²) in [4.78, 5) is 17.6. The van der Waals surface area contributed by atoms with Crippen molar-refractivity contribution in [2.45, 2.75) is 32.4 Å². The summed E-state index contributed by atoms with van der Waals surface area (Å²) in [6.45, 7) is 4.12. The average molecular weight is 283 g/mol. The fraction of sp³-hybridized carbons (Fsp3) is 0.538. The third-order valence-corrected chi connectivity index (χ3v) is 3.65. The molecular weight excluding hydrogens is 264 g/mol. The van der Waals surface area contributed by atoms with Gasteiger partial charge in [0.25, 0.3) is 0 Å². The number of hydrogen-bond acceptors (Lipinski definition) is 4. The molecule has 1 aromatic heterocycles. The Bertz CT molecular complexity index is 458. The number of hydrogen-bond donors (Lipinski definition) is 2. The predicted molar refractivity (Wildman–Crippen MR) is 75.8 cm³/mol. The van der Waals surface area contributed by atoms with E-state index in [1.54, 1.807) is 19.1 Å². The number of carbonyl (C=O) groups excluding carboxylic acids is 1. The lowest BCUT2D eigenvalue weighted by Crippen LogP contribution is -2.43. The standard InChI is InChI=1S/C13H19ClN4O/c1-9(19)16-10-4-6-18(7-5-10)8-12-11(14)2-3-13(15)17-12/h2-3,10H,4-8H2,1H3,(H2,15,17)(H,16,19). The molecule has 0 saturated carbocycles. The molecule has 6 heteroatoms. The maximum absolute atomic E-state index is 11.0. The van der Waals surface area contributed by atoms with E-state index in [4.69, 9.17) is 17.3 Å². The summed E-state index contributed by atoms with van der Waals surface area (Å²) in [5.74, 6) is 0.534. The van der Waals surface area contributed by atoms with Gasteiger partial charge in [-0.2, -0.15) is 0 Å². The van der Waals surface area contributed by atoms with Crippen molar-refractivity contribution in [3.63, 3.8) is 0 Å². The highest BCUT2D eigenvalue weighted by molar-refractivity contribution is 6.31. The van der Waals surface area contributed by atoms with Gasteiger partial charge in [0, 0.05) is 32.6 Å². The van der Waals surface area contributed by atoms with Gasteiger partial charge in [0.15, 0.2) is 0 Å². The minimum atomic E-state index is 0.0407. The molecule has 5 nitrogen and oxygen atoms in total. The minimum absolute atomic E-state index is 0.0407. The molecule has 0 atom stereocenters. The number of rotatable bonds is 3. The quantitative estimate of drug-likeness (QED) is 0.879. The second-order valence-corrected chi connectivity index (χ2v) is 5.32. The molecule has 2 rings (SSSR count). The molecule has 0 aliphatic carbocycles. The molecule has 2 heterocycles. The number of aromatic nitrogens is 1. The Morgan fingerprint density at radius 1 is 1.53 bits per heavy atom. The molecular formula is C13H19ClN4O. The van der Waals surface area contributed by atoms with Crippen LogP contribution in [0.25, 0.3) is 0 Å². The van der Waals surface area contributed by atoms with Gasteiger partial charge in [-0.05, 0) is 25.0 Å². The number of pyridine rings is 1. The van der Waals surface area contributed by atoms with Gasteiger partial charge in [-0.25, -0.2) is 4.98 Å². The van der Waals surface area contributed by atoms with Gasteiger partial charge in [0.05, 0.1) is 10.7 Å². The number of nitrogens with one attached hydrogen (secondary N) is 1. The van der Waals surface area contributed by atoms with Crippen LogP contribution in [0.5, 0.6) is 0 Å². The first kappa shape index (κ1) is 14.1. The van der Waals surface area contributed by atoms with Gasteiger partial charge >= 0.3 is 0 Å². The van der Waals surface area contributed by atoms with E-state index in [0.29, 0.717) is 17.4 Å². The van der Waals surface area contributed by atoms with Gasteiger partial charge in [0.1, 0.15) is 5.82 Å². The van der Waals surface area contributed by atoms with E-state index in [1.165, 1.54) is 0 Å². The highest BCUT2D eigenvalue weighted by Gasteiger charge is 2.20. The Morgan fingerprint density at radius 3 is 2.84 bits per heavy atom. The van der Waals surface area contributed by atoms with Crippen LogP contribution in [0.2, 0.25) is 5.02 Å². The van der Waals surface area contributed by atoms with E-state index in [0.717, 1.165) is 31.6 Å². The van der Waals surface area contributed by atoms with Crippen molar-refractivity contribution >= 4 is 23.3 Å². The van der Waals surface area contributed by atoms with Gasteiger partial charge in [-0.1, -0.05) is 11.6 Å². The van der Waals surface area contributed by atoms with Crippen molar-refractivity contribution in [2.24, 2.45) is 0 Å². The molecule has 1 aliphatic rings. The van der Waals surface area contributed by atoms with Crippen LogP contribution >= 0.6 is 11.6 Å². The van der Waals surface area contributed by atoms with Crippen molar-refractivity contribution in [1.82, 2.24) is 15.2 Å². The highest BCUT2D eigenvalue weighted by atomic mass is 35.5. The zero-order chi connectivity index (χ0) is 13.8. The Labute approximate surface area is 118 Å². The predicted octanol–water partition coefficient (Wildman–Crippen LogP) is 1.42. The van der Waals surface area contributed by atoms with E-state index in [2.05, 4.69) is 15.2 Å². The summed E-state index contributed by atoms with van der Waals surface area (Å²) in [6, 6.07) is 3.77. The molecule has 1 saturated heterocycles. The van der Waals surface area contributed by atoms with Crippen LogP contribution in [0.3, 0.4) is 0 Å². The number of anilines is 1. The molecule has 3 N–H and O–H groups in total. The zero-order valence-corrected chi connectivity index (χ0v) is 11.8. The van der Waals surface area contributed by atoms with E-state index in [1.807, 2.05) is 0 Å². The Hall–Kier alpha value is -1.33. The first-order valence-electron chi connectivity index (χ1n) is 6.45. The number of nitrogens with two attached hydrogens (primary N) is 1. The molecule has 1 fully saturated rings. The van der Waals surface area contributed by atoms with Crippen LogP contribution in [-0.2, 0) is 11.3 Å². The summed E-state index contributed by atoms with van der Waals surface area (Å²) in [5.41, 5.74) is 6.49. The number of nitrogen functional groups attached to an aromatic ring is 1. The van der Waals surface area contributed by atoms with Crippen LogP contribution in [0.15, 0.2) is 12.1 Å². The fourth-order valence-electron chi connectivity index (χ4n) is 2.35. The highest BCUT2D eigenvalue weighted by Crippen LogP contribution is 2.19. The second kappa shape index (κ2) is 6.21. The molecule has 0 bridgehead atoms. The van der Waals surface area contributed by atoms with E-state index < -0.39 is 0 Å². The van der Waals surface area contributed by atoms with Crippen LogP contribution in [-0.4, -0.2) is 34.9 Å². The number of amides is 1. The van der Waals surface area contributed by atoms with Crippen LogP contribution in [0.4, 0.5) is 5.82 Å². The summed E-state index contributed by atoms with van der Waals surface area (Å²) in [6.07, 6.45) is 1.92. The molecule has 0 aromatic carbocycles. The van der Waals surface area contributed by atoms with Crippen molar-refractivity contribution in [2.75, 3.05) is 18.8 Å². The van der Waals surface area contributed by atoms with Crippen molar-refractivity contribution in [1.29, 1.82) is 0 Å². The molecule has 0 radical (unpaired) electrons. The van der Waals surface area contributed by atoms with Gasteiger partial charge in [-0.15, -0.1) is 0 Å². The number of nitrogens with zero attached hydrogens (tertiary/aromatic N) is 2. The number of piperidine rings is 1. The Balaban J connectivity index is 1.88. The molecule has 104 valence electrons. The van der Waals surface area contributed by atoms with E-state index in [-0.39, 0.29) is 11.9 Å². The first-order valence-corrected chi connectivity index (χ1v) is 6.83. The molecule has 1 aliphatic heterocycles. The van der Waals surface area contributed by atoms with Crippen LogP contribution in [0, 0.1) is 0 Å². The summed E-state index contributed by atoms with van der Waals surface area (Å²) in [5, 5.41) is 3.61. The molecule has 19 heavy (non-hydrogen) atoms. The summed E-state index contributed by atoms with van der Waals surface area (Å²) in [7, 11) is 0. The molecule has 1 aromatic rings. The number of carbonyl (C=O) groups is 1. The topological polar surface area (TPSA) is 71.2 Å². The maximum atomic E-state index is 11.0. The first-order chi connectivity index (χ1) is 9.04. The van der Waals surface area contributed by atoms with Crippen molar-refractivity contribution < 1.29 is 4.79 Å². The fourth-order valence-corrected chi connectivity index (χ4v) is 2.51. The number of likely N-dealkylation sites (tertiary alicyclic amines) is 1. The van der Waals surface area contributed by atoms with Crippen molar-refractivity contribution in [3.05, 3.63) is 22.8 Å². The van der Waals surface area contributed by atoms with Crippen molar-refractivity contribution in [3.8, 4) is 0 Å². The third-order valence-electron chi connectivity index (χ3n) is 3.31. The largest absolute Gasteiger partial charge is 0.384 e. The lowest BCUT2D eigenvalue weighted by Gasteiger charge is -2.32. The third kappa shape index (κ3) is 4.08. The average Bonchev–Trinajstić information content (AvgIpc) is 2.35. The smallest absolute Gasteiger partial charge is 0.217 e. The maximum Gasteiger partial charge on any atom is 0.217 e. The summed E-state index contributed by atoms with van der Waals surface area (Å²) >= 11 is 6.11. The Morgan fingerprint density at radius 2 is 2.21 bits per heavy atom. The zero-order valence-electron chi connectivity index (χ0n) is 11.0. The minimum Gasteiger partial charge on any atom is -0.384 e. The molecule has 0 unspecified atom stereocenters. The molecule has 1 amide bonds.